The van der Waals surface area contributed by atoms with Crippen molar-refractivity contribution in [2.75, 3.05) is 9.80 Å². The summed E-state index contributed by atoms with van der Waals surface area (Å²) in [5, 5.41) is 4.98. The molecule has 1 unspecified atom stereocenters. The van der Waals surface area contributed by atoms with E-state index in [9.17, 15) is 0 Å². The van der Waals surface area contributed by atoms with E-state index in [1.807, 2.05) is 0 Å². The lowest BCUT2D eigenvalue weighted by Crippen LogP contribution is -2.18. The molecule has 0 amide bonds. The first kappa shape index (κ1) is 31.2. The van der Waals surface area contributed by atoms with Gasteiger partial charge in [0.05, 0.1) is 0 Å². The zero-order chi connectivity index (χ0) is 33.9. The summed E-state index contributed by atoms with van der Waals surface area (Å²) >= 11 is 0. The highest BCUT2D eigenvalue weighted by atomic mass is 15.1. The normalized spacial score (nSPS) is 14.5. The van der Waals surface area contributed by atoms with Crippen LogP contribution in [0.1, 0.15) is 24.5 Å². The van der Waals surface area contributed by atoms with E-state index in [1.165, 1.54) is 49.6 Å². The van der Waals surface area contributed by atoms with Crippen molar-refractivity contribution >= 4 is 56.1 Å². The molecule has 0 heterocycles. The second kappa shape index (κ2) is 13.8. The summed E-state index contributed by atoms with van der Waals surface area (Å²) in [5.41, 5.74) is 10.8. The molecule has 1 atom stereocenters. The topological polar surface area (TPSA) is 6.48 Å². The van der Waals surface area contributed by atoms with Crippen LogP contribution in [0, 0.1) is 12.8 Å². The number of fused-ring (bicyclic) bond motifs is 2. The van der Waals surface area contributed by atoms with Gasteiger partial charge < -0.3 is 9.80 Å². The number of anilines is 5. The fourth-order valence-electron chi connectivity index (χ4n) is 7.10. The Hall–Kier alpha value is -6.12. The molecule has 0 spiro atoms. The van der Waals surface area contributed by atoms with Gasteiger partial charge >= 0.3 is 0 Å². The predicted molar refractivity (Wildman–Crippen MR) is 215 cm³/mol. The average Bonchev–Trinajstić information content (AvgIpc) is 3.16. The molecule has 242 valence electrons. The van der Waals surface area contributed by atoms with Crippen LogP contribution in [0.3, 0.4) is 0 Å². The van der Waals surface area contributed by atoms with Crippen LogP contribution in [0.15, 0.2) is 193 Å². The van der Waals surface area contributed by atoms with Crippen LogP contribution in [0.2, 0.25) is 0 Å². The number of hydrogen-bond acceptors (Lipinski definition) is 2. The van der Waals surface area contributed by atoms with E-state index in [4.69, 9.17) is 0 Å². The Balaban J connectivity index is 1.06. The molecular weight excluding hydrogens is 605 g/mol. The number of nitrogens with zero attached hydrogens (tertiary/aromatic N) is 2. The van der Waals surface area contributed by atoms with Gasteiger partial charge in [0.15, 0.2) is 0 Å². The number of rotatable bonds is 8. The Morgan fingerprint density at radius 3 is 1.56 bits per heavy atom. The van der Waals surface area contributed by atoms with Crippen molar-refractivity contribution in [2.45, 2.75) is 20.3 Å². The van der Waals surface area contributed by atoms with Gasteiger partial charge in [0.25, 0.3) is 0 Å². The Kier molecular flexibility index (Phi) is 8.59. The molecule has 0 saturated heterocycles. The van der Waals surface area contributed by atoms with Crippen molar-refractivity contribution in [2.24, 2.45) is 5.92 Å². The lowest BCUT2D eigenvalue weighted by atomic mass is 9.89. The van der Waals surface area contributed by atoms with Crippen molar-refractivity contribution < 1.29 is 0 Å². The summed E-state index contributed by atoms with van der Waals surface area (Å²) in [6, 6.07) is 58.7. The molecule has 7 aromatic carbocycles. The molecule has 0 radical (unpaired) electrons. The zero-order valence-electron chi connectivity index (χ0n) is 28.6. The van der Waals surface area contributed by atoms with E-state index >= 15 is 0 Å². The number of allylic oxidation sites excluding steroid dienone is 4. The molecule has 1 aliphatic rings. The lowest BCUT2D eigenvalue weighted by Gasteiger charge is -2.30. The number of hydrogen-bond donors (Lipinski definition) is 0. The molecule has 0 aliphatic heterocycles. The highest BCUT2D eigenvalue weighted by Crippen LogP contribution is 2.39. The minimum absolute atomic E-state index is 0.338. The molecule has 50 heavy (non-hydrogen) atoms. The summed E-state index contributed by atoms with van der Waals surface area (Å²) < 4.78 is 0. The molecule has 7 aromatic rings. The molecule has 2 heteroatoms. The summed E-state index contributed by atoms with van der Waals surface area (Å²) in [4.78, 5) is 4.73. The van der Waals surface area contributed by atoms with Gasteiger partial charge in [0.1, 0.15) is 0 Å². The van der Waals surface area contributed by atoms with Crippen LogP contribution in [0.5, 0.6) is 0 Å². The van der Waals surface area contributed by atoms with E-state index in [1.54, 1.807) is 0 Å². The maximum atomic E-state index is 2.39. The van der Waals surface area contributed by atoms with Gasteiger partial charge in [-0.3, -0.25) is 0 Å². The van der Waals surface area contributed by atoms with Gasteiger partial charge in [-0.2, -0.15) is 0 Å². The summed E-state index contributed by atoms with van der Waals surface area (Å²) in [5.74, 6) is 0.338. The first-order valence-electron chi connectivity index (χ1n) is 17.5. The lowest BCUT2D eigenvalue weighted by molar-refractivity contribution is 0.757. The number of aryl methyl sites for hydroxylation is 1. The van der Waals surface area contributed by atoms with E-state index in [0.717, 1.165) is 29.2 Å². The molecule has 8 rings (SSSR count). The van der Waals surface area contributed by atoms with E-state index in [-0.39, 0.29) is 0 Å². The molecule has 0 fully saturated rings. The third kappa shape index (κ3) is 6.36. The fraction of sp³-hybridized carbons (Fsp3) is 0.0833. The molecule has 2 nitrogen and oxygen atoms in total. The van der Waals surface area contributed by atoms with Gasteiger partial charge in [-0.1, -0.05) is 127 Å². The Bertz CT molecular complexity index is 2380. The molecule has 1 aliphatic carbocycles. The minimum Gasteiger partial charge on any atom is -0.311 e. The van der Waals surface area contributed by atoms with Crippen molar-refractivity contribution in [1.82, 2.24) is 0 Å². The second-order valence-corrected chi connectivity index (χ2v) is 13.2. The quantitative estimate of drug-likeness (QED) is 0.162. The summed E-state index contributed by atoms with van der Waals surface area (Å²) in [6.45, 7) is 4.48. The van der Waals surface area contributed by atoms with Crippen LogP contribution in [0.25, 0.3) is 27.6 Å². The Labute approximate surface area is 295 Å². The molecule has 0 saturated carbocycles. The van der Waals surface area contributed by atoms with E-state index in [0.29, 0.717) is 5.92 Å². The fourth-order valence-corrected chi connectivity index (χ4v) is 7.10. The average molecular weight is 645 g/mol. The largest absolute Gasteiger partial charge is 0.311 e. The Morgan fingerprint density at radius 2 is 0.980 bits per heavy atom. The first-order chi connectivity index (χ1) is 24.6. The van der Waals surface area contributed by atoms with E-state index < -0.39 is 0 Å². The first-order valence-corrected chi connectivity index (χ1v) is 17.5. The van der Waals surface area contributed by atoms with Crippen molar-refractivity contribution in [3.8, 4) is 0 Å². The van der Waals surface area contributed by atoms with Crippen molar-refractivity contribution in [3.63, 3.8) is 0 Å². The third-order valence-electron chi connectivity index (χ3n) is 9.83. The standard InChI is InChI=1S/C48H40N2/c1-35-31-45(49(43-17-5-3-6-18-43)47-29-25-39-13-9-11-15-41(39)33-47)27-23-37(35)21-22-38-24-28-46(32-36(38)2)50(44-19-7-4-8-20-44)48-30-26-40-14-10-12-16-42(40)34-48/h3-23,25-34,38H,24H2,1-2H3. The molecule has 0 bridgehead atoms. The SMILES string of the molecule is CC1=CC(N(c2ccccc2)c2ccc3ccccc3c2)=CCC1C=Cc1ccc(N(c2ccccc2)c2ccc3ccccc3c2)cc1C. The summed E-state index contributed by atoms with van der Waals surface area (Å²) in [7, 11) is 0. The second-order valence-electron chi connectivity index (χ2n) is 13.2. The van der Waals surface area contributed by atoms with Crippen LogP contribution >= 0.6 is 0 Å². The van der Waals surface area contributed by atoms with Crippen LogP contribution in [-0.4, -0.2) is 0 Å². The molecule has 0 aromatic heterocycles. The van der Waals surface area contributed by atoms with E-state index in [2.05, 4.69) is 212 Å². The smallest absolute Gasteiger partial charge is 0.0468 e. The highest BCUT2D eigenvalue weighted by molar-refractivity contribution is 5.90. The monoisotopic (exact) mass is 644 g/mol. The van der Waals surface area contributed by atoms with Crippen molar-refractivity contribution in [1.29, 1.82) is 0 Å². The van der Waals surface area contributed by atoms with Gasteiger partial charge in [0.2, 0.25) is 0 Å². The number of para-hydroxylation sites is 2. The van der Waals surface area contributed by atoms with Gasteiger partial charge in [0, 0.05) is 40.1 Å². The third-order valence-corrected chi connectivity index (χ3v) is 9.83. The molecular formula is C48H40N2. The maximum Gasteiger partial charge on any atom is 0.0468 e. The Morgan fingerprint density at radius 1 is 0.480 bits per heavy atom. The van der Waals surface area contributed by atoms with Gasteiger partial charge in [-0.15, -0.1) is 0 Å². The van der Waals surface area contributed by atoms with Gasteiger partial charge in [-0.25, -0.2) is 0 Å². The highest BCUT2D eigenvalue weighted by Gasteiger charge is 2.20. The van der Waals surface area contributed by atoms with Crippen LogP contribution in [-0.2, 0) is 0 Å². The van der Waals surface area contributed by atoms with Crippen LogP contribution in [0.4, 0.5) is 28.4 Å². The minimum atomic E-state index is 0.338. The zero-order valence-corrected chi connectivity index (χ0v) is 28.6. The maximum absolute atomic E-state index is 2.39. The predicted octanol–water partition coefficient (Wildman–Crippen LogP) is 13.5. The molecule has 0 N–H and O–H groups in total. The van der Waals surface area contributed by atoms with Crippen molar-refractivity contribution in [3.05, 3.63) is 204 Å². The number of benzene rings is 7. The van der Waals surface area contributed by atoms with Crippen LogP contribution < -0.4 is 9.80 Å². The summed E-state index contributed by atoms with van der Waals surface area (Å²) in [6.07, 6.45) is 10.4. The van der Waals surface area contributed by atoms with Gasteiger partial charge in [-0.05, 0) is 120 Å².